The van der Waals surface area contributed by atoms with Crippen molar-refractivity contribution >= 4 is 5.84 Å². The van der Waals surface area contributed by atoms with Crippen molar-refractivity contribution in [3.63, 3.8) is 0 Å². The number of nitrogens with two attached hydrogens (primary N) is 1. The number of hydrogen-bond donors (Lipinski definition) is 3. The summed E-state index contributed by atoms with van der Waals surface area (Å²) >= 11 is 0. The largest absolute Gasteiger partial charge is 0.477 e. The maximum absolute atomic E-state index is 13.3. The summed E-state index contributed by atoms with van der Waals surface area (Å²) in [4.78, 5) is 12.1. The zero-order valence-electron chi connectivity index (χ0n) is 21.9. The molecule has 0 aliphatic carbocycles. The number of halogens is 6. The highest BCUT2D eigenvalue weighted by Gasteiger charge is 2.34. The Balaban J connectivity index is 1.51. The normalized spacial score (nSPS) is 17.8. The number of ether oxygens (including phenoxy) is 1. The number of hydrogen-bond acceptors (Lipinski definition) is 7. The van der Waals surface area contributed by atoms with Crippen LogP contribution in [0.3, 0.4) is 0 Å². The molecule has 9 nitrogen and oxygen atoms in total. The Labute approximate surface area is 227 Å². The SMILES string of the molecule is CN/C(N)=C(/OCC(F)(F)F)C(=N)N1CCC(c2nc(-c3ccnc(C(F)(F)F)c3)cn2CCN2CCC2)CC1. The molecule has 220 valence electrons. The summed E-state index contributed by atoms with van der Waals surface area (Å²) in [7, 11) is 1.42. The molecule has 4 heterocycles. The monoisotopic (exact) mass is 574 g/mol. The molecule has 2 fully saturated rings. The number of imidazole rings is 1. The molecule has 2 aromatic rings. The quantitative estimate of drug-likeness (QED) is 0.181. The first-order chi connectivity index (χ1) is 18.9. The van der Waals surface area contributed by atoms with Gasteiger partial charge in [0.15, 0.2) is 12.4 Å². The van der Waals surface area contributed by atoms with Crippen LogP contribution in [0.25, 0.3) is 11.3 Å². The molecule has 0 atom stereocenters. The lowest BCUT2D eigenvalue weighted by Gasteiger charge is -2.34. The molecule has 0 saturated carbocycles. The lowest BCUT2D eigenvalue weighted by atomic mass is 9.95. The maximum Gasteiger partial charge on any atom is 0.433 e. The fourth-order valence-corrected chi connectivity index (χ4v) is 4.72. The van der Waals surface area contributed by atoms with Crippen molar-refractivity contribution < 1.29 is 31.1 Å². The summed E-state index contributed by atoms with van der Waals surface area (Å²) in [5, 5.41) is 11.0. The molecule has 0 aromatic carbocycles. The molecule has 40 heavy (non-hydrogen) atoms. The van der Waals surface area contributed by atoms with Gasteiger partial charge in [-0.15, -0.1) is 0 Å². The molecule has 0 unspecified atom stereocenters. The van der Waals surface area contributed by atoms with Gasteiger partial charge >= 0.3 is 12.4 Å². The van der Waals surface area contributed by atoms with Crippen molar-refractivity contribution in [2.24, 2.45) is 5.73 Å². The number of amidine groups is 1. The molecule has 2 aromatic heterocycles. The topological polar surface area (TPSA) is 108 Å². The lowest BCUT2D eigenvalue weighted by molar-refractivity contribution is -0.163. The van der Waals surface area contributed by atoms with E-state index in [4.69, 9.17) is 20.9 Å². The minimum atomic E-state index is -4.59. The van der Waals surface area contributed by atoms with Gasteiger partial charge < -0.3 is 30.2 Å². The van der Waals surface area contributed by atoms with E-state index in [1.165, 1.54) is 13.1 Å². The molecule has 4 N–H and O–H groups in total. The molecular weight excluding hydrogens is 542 g/mol. The van der Waals surface area contributed by atoms with E-state index in [9.17, 15) is 26.3 Å². The minimum absolute atomic E-state index is 0.0664. The molecule has 4 rings (SSSR count). The van der Waals surface area contributed by atoms with E-state index >= 15 is 0 Å². The van der Waals surface area contributed by atoms with Gasteiger partial charge in [-0.2, -0.15) is 26.3 Å². The Bertz CT molecular complexity index is 1210. The fraction of sp³-hybridized carbons (Fsp3) is 0.560. The first-order valence-corrected chi connectivity index (χ1v) is 12.9. The highest BCUT2D eigenvalue weighted by Crippen LogP contribution is 2.33. The first-order valence-electron chi connectivity index (χ1n) is 12.9. The molecule has 2 aliphatic rings. The van der Waals surface area contributed by atoms with Crippen LogP contribution in [0, 0.1) is 5.41 Å². The second-order valence-electron chi connectivity index (χ2n) is 9.81. The van der Waals surface area contributed by atoms with Crippen LogP contribution >= 0.6 is 0 Å². The average molecular weight is 575 g/mol. The van der Waals surface area contributed by atoms with Crippen LogP contribution < -0.4 is 11.1 Å². The summed E-state index contributed by atoms with van der Waals surface area (Å²) in [6.45, 7) is 2.49. The van der Waals surface area contributed by atoms with E-state index < -0.39 is 24.7 Å². The lowest BCUT2D eigenvalue weighted by Crippen LogP contribution is -2.41. The molecule has 0 bridgehead atoms. The van der Waals surface area contributed by atoms with Crippen molar-refractivity contribution in [2.45, 2.75) is 44.1 Å². The van der Waals surface area contributed by atoms with Crippen molar-refractivity contribution in [3.05, 3.63) is 47.6 Å². The van der Waals surface area contributed by atoms with Gasteiger partial charge in [0.1, 0.15) is 17.3 Å². The van der Waals surface area contributed by atoms with Gasteiger partial charge in [-0.05, 0) is 44.5 Å². The molecule has 15 heteroatoms. The molecule has 0 spiro atoms. The third-order valence-corrected chi connectivity index (χ3v) is 7.04. The standard InChI is InChI=1S/C25H32F6N8O/c1-34-21(32)20(40-15-24(26,27)28)22(33)38-9-4-16(5-10-38)23-36-18(14-39(23)12-11-37-7-2-8-37)17-3-6-35-19(13-17)25(29,30)31/h3,6,13-14,16,33-34H,2,4-5,7-12,15,32H2,1H3/b21-20+,33-22?. The number of nitrogens with zero attached hydrogens (tertiary/aromatic N) is 5. The molecular formula is C25H32F6N8O. The number of likely N-dealkylation sites (tertiary alicyclic amines) is 2. The van der Waals surface area contributed by atoms with Gasteiger partial charge in [0.25, 0.3) is 0 Å². The van der Waals surface area contributed by atoms with Crippen molar-refractivity contribution in [1.82, 2.24) is 29.7 Å². The van der Waals surface area contributed by atoms with E-state index in [0.29, 0.717) is 43.7 Å². The van der Waals surface area contributed by atoms with Gasteiger partial charge in [0.2, 0.25) is 5.76 Å². The van der Waals surface area contributed by atoms with Crippen LogP contribution in [-0.2, 0) is 17.5 Å². The number of alkyl halides is 6. The maximum atomic E-state index is 13.3. The predicted octanol–water partition coefficient (Wildman–Crippen LogP) is 3.75. The Morgan fingerprint density at radius 2 is 1.82 bits per heavy atom. The van der Waals surface area contributed by atoms with Gasteiger partial charge in [0, 0.05) is 57.1 Å². The Hall–Kier alpha value is -3.49. The third kappa shape index (κ3) is 7.17. The van der Waals surface area contributed by atoms with Crippen molar-refractivity contribution in [1.29, 1.82) is 5.41 Å². The number of pyridine rings is 1. The summed E-state index contributed by atoms with van der Waals surface area (Å²) < 4.78 is 84.8. The fourth-order valence-electron chi connectivity index (χ4n) is 4.72. The zero-order chi connectivity index (χ0) is 29.1. The second kappa shape index (κ2) is 11.9. The van der Waals surface area contributed by atoms with Crippen LogP contribution in [0.15, 0.2) is 36.1 Å². The van der Waals surface area contributed by atoms with E-state index in [1.807, 2.05) is 4.57 Å². The Kier molecular flexibility index (Phi) is 8.80. The first kappa shape index (κ1) is 29.5. The molecule has 2 aliphatic heterocycles. The van der Waals surface area contributed by atoms with Crippen LogP contribution in [0.5, 0.6) is 0 Å². The van der Waals surface area contributed by atoms with E-state index in [2.05, 4.69) is 15.2 Å². The highest BCUT2D eigenvalue weighted by atomic mass is 19.4. The molecule has 0 radical (unpaired) electrons. The van der Waals surface area contributed by atoms with Crippen LogP contribution in [0.1, 0.15) is 36.7 Å². The van der Waals surface area contributed by atoms with Gasteiger partial charge in [-0.3, -0.25) is 10.4 Å². The summed E-state index contributed by atoms with van der Waals surface area (Å²) in [5.74, 6) is -0.157. The average Bonchev–Trinajstić information content (AvgIpc) is 3.31. The van der Waals surface area contributed by atoms with Crippen LogP contribution in [0.4, 0.5) is 26.3 Å². The van der Waals surface area contributed by atoms with Crippen LogP contribution in [-0.4, -0.2) is 82.7 Å². The number of aromatic nitrogens is 3. The van der Waals surface area contributed by atoms with E-state index in [0.717, 1.165) is 44.1 Å². The van der Waals surface area contributed by atoms with Crippen molar-refractivity contribution in [3.8, 4) is 11.3 Å². The highest BCUT2D eigenvalue weighted by molar-refractivity contribution is 5.94. The van der Waals surface area contributed by atoms with Crippen molar-refractivity contribution in [2.75, 3.05) is 46.4 Å². The third-order valence-electron chi connectivity index (χ3n) is 7.04. The number of rotatable bonds is 9. The van der Waals surface area contributed by atoms with Gasteiger partial charge in [-0.25, -0.2) is 4.98 Å². The molecule has 0 amide bonds. The summed E-state index contributed by atoms with van der Waals surface area (Å²) in [5.41, 5.74) is 5.50. The molecule has 2 saturated heterocycles. The Morgan fingerprint density at radius 3 is 2.40 bits per heavy atom. The number of nitrogens with one attached hydrogen (secondary N) is 2. The minimum Gasteiger partial charge on any atom is -0.477 e. The van der Waals surface area contributed by atoms with Gasteiger partial charge in [0.05, 0.1) is 5.69 Å². The second-order valence-corrected chi connectivity index (χ2v) is 9.81. The summed E-state index contributed by atoms with van der Waals surface area (Å²) in [6.07, 6.45) is -4.11. The van der Waals surface area contributed by atoms with E-state index in [-0.39, 0.29) is 23.3 Å². The zero-order valence-corrected chi connectivity index (χ0v) is 21.9. The predicted molar refractivity (Wildman–Crippen MR) is 135 cm³/mol. The van der Waals surface area contributed by atoms with E-state index in [1.54, 1.807) is 11.1 Å². The summed E-state index contributed by atoms with van der Waals surface area (Å²) in [6, 6.07) is 2.48. The Morgan fingerprint density at radius 1 is 1.12 bits per heavy atom. The number of piperidine rings is 1. The van der Waals surface area contributed by atoms with Crippen LogP contribution in [0.2, 0.25) is 0 Å². The van der Waals surface area contributed by atoms with Gasteiger partial charge in [-0.1, -0.05) is 0 Å². The smallest absolute Gasteiger partial charge is 0.433 e.